The Hall–Kier alpha value is -0.160. The first kappa shape index (κ1) is 7.94. The normalized spacial score (nSPS) is 40.5. The van der Waals surface area contributed by atoms with Gasteiger partial charge in [-0.05, 0) is 13.0 Å². The van der Waals surface area contributed by atoms with Crippen molar-refractivity contribution in [3.05, 3.63) is 0 Å². The zero-order chi connectivity index (χ0) is 7.56. The lowest BCUT2D eigenvalue weighted by atomic mass is 10.1. The van der Waals surface area contributed by atoms with Crippen LogP contribution in [0.5, 0.6) is 0 Å². The van der Waals surface area contributed by atoms with Crippen molar-refractivity contribution >= 4 is 0 Å². The van der Waals surface area contributed by atoms with E-state index in [0.717, 1.165) is 6.42 Å². The molecule has 0 radical (unpaired) electrons. The van der Waals surface area contributed by atoms with Crippen molar-refractivity contribution in [2.75, 3.05) is 13.1 Å². The molecule has 4 nitrogen and oxygen atoms in total. The van der Waals surface area contributed by atoms with Crippen LogP contribution in [0.1, 0.15) is 6.42 Å². The minimum atomic E-state index is -0.636. The summed E-state index contributed by atoms with van der Waals surface area (Å²) in [5.74, 6) is 0. The van der Waals surface area contributed by atoms with Crippen LogP contribution < -0.4 is 11.1 Å². The van der Waals surface area contributed by atoms with Crippen molar-refractivity contribution in [1.82, 2.24) is 5.32 Å². The first-order valence-electron chi connectivity index (χ1n) is 3.55. The maximum absolute atomic E-state index is 9.22. The van der Waals surface area contributed by atoms with Gasteiger partial charge in [-0.1, -0.05) is 0 Å². The van der Waals surface area contributed by atoms with Gasteiger partial charge in [-0.15, -0.1) is 0 Å². The van der Waals surface area contributed by atoms with Gasteiger partial charge in [0.15, 0.2) is 0 Å². The van der Waals surface area contributed by atoms with E-state index in [-0.39, 0.29) is 6.04 Å². The summed E-state index contributed by atoms with van der Waals surface area (Å²) in [6, 6.07) is -0.0139. The molecule has 0 spiro atoms. The summed E-state index contributed by atoms with van der Waals surface area (Å²) in [4.78, 5) is 0. The zero-order valence-corrected chi connectivity index (χ0v) is 5.83. The van der Waals surface area contributed by atoms with Crippen LogP contribution in [0.25, 0.3) is 0 Å². The molecule has 1 rings (SSSR count). The Balaban J connectivity index is 2.33. The first-order chi connectivity index (χ1) is 4.75. The third-order valence-electron chi connectivity index (χ3n) is 1.87. The van der Waals surface area contributed by atoms with Gasteiger partial charge in [0.05, 0.1) is 12.2 Å². The van der Waals surface area contributed by atoms with Crippen LogP contribution in [-0.4, -0.2) is 41.6 Å². The lowest BCUT2D eigenvalue weighted by molar-refractivity contribution is 0.0397. The molecule has 0 unspecified atom stereocenters. The van der Waals surface area contributed by atoms with E-state index in [9.17, 15) is 5.11 Å². The van der Waals surface area contributed by atoms with Crippen LogP contribution in [0, 0.1) is 0 Å². The fourth-order valence-electron chi connectivity index (χ4n) is 1.23. The highest BCUT2D eigenvalue weighted by molar-refractivity contribution is 4.90. The van der Waals surface area contributed by atoms with Gasteiger partial charge in [0.1, 0.15) is 0 Å². The van der Waals surface area contributed by atoms with Gasteiger partial charge in [-0.25, -0.2) is 0 Å². The van der Waals surface area contributed by atoms with Gasteiger partial charge in [0.2, 0.25) is 0 Å². The number of aliphatic hydroxyl groups excluding tert-OH is 2. The fourth-order valence-corrected chi connectivity index (χ4v) is 1.23. The van der Waals surface area contributed by atoms with Crippen LogP contribution in [0.2, 0.25) is 0 Å². The van der Waals surface area contributed by atoms with Crippen molar-refractivity contribution in [3.63, 3.8) is 0 Å². The largest absolute Gasteiger partial charge is 0.389 e. The van der Waals surface area contributed by atoms with Crippen molar-refractivity contribution in [3.8, 4) is 0 Å². The van der Waals surface area contributed by atoms with E-state index in [1.54, 1.807) is 0 Å². The molecule has 0 aromatic carbocycles. The van der Waals surface area contributed by atoms with Crippen LogP contribution >= 0.6 is 0 Å². The predicted molar refractivity (Wildman–Crippen MR) is 37.5 cm³/mol. The predicted octanol–water partition coefficient (Wildman–Crippen LogP) is -1.97. The minimum absolute atomic E-state index is 0.0139. The average Bonchev–Trinajstić information content (AvgIpc) is 2.20. The molecule has 0 aromatic rings. The van der Waals surface area contributed by atoms with E-state index >= 15 is 0 Å². The molecule has 0 saturated carbocycles. The number of β-amino-alcohol motifs (C(OH)–C–C–N with tert-alkyl or cyclic N) is 1. The Morgan fingerprint density at radius 3 is 2.60 bits per heavy atom. The fraction of sp³-hybridized carbons (Fsp3) is 1.00. The van der Waals surface area contributed by atoms with Crippen LogP contribution in [0.15, 0.2) is 0 Å². The molecule has 4 heteroatoms. The Morgan fingerprint density at radius 2 is 2.20 bits per heavy atom. The van der Waals surface area contributed by atoms with Crippen molar-refractivity contribution in [1.29, 1.82) is 0 Å². The lowest BCUT2D eigenvalue weighted by Gasteiger charge is -2.13. The Bertz CT molecular complexity index is 108. The summed E-state index contributed by atoms with van der Waals surface area (Å²) in [5, 5.41) is 21.2. The van der Waals surface area contributed by atoms with E-state index in [1.807, 2.05) is 0 Å². The van der Waals surface area contributed by atoms with Crippen LogP contribution in [-0.2, 0) is 0 Å². The second-order valence-electron chi connectivity index (χ2n) is 2.65. The molecule has 0 bridgehead atoms. The number of rotatable bonds is 2. The maximum Gasteiger partial charge on any atom is 0.0964 e. The number of hydrogen-bond donors (Lipinski definition) is 4. The molecule has 1 aliphatic rings. The summed E-state index contributed by atoms with van der Waals surface area (Å²) in [6.45, 7) is 1.02. The Labute approximate surface area is 60.0 Å². The standard InChI is InChI=1S/C6H14N2O2/c7-2-1-4-6(10)5(9)3-8-4/h4-6,8-10H,1-3,7H2/t4-,5+,6-/m0/s1. The highest BCUT2D eigenvalue weighted by Gasteiger charge is 2.31. The van der Waals surface area contributed by atoms with E-state index < -0.39 is 12.2 Å². The average molecular weight is 146 g/mol. The van der Waals surface area contributed by atoms with Crippen LogP contribution in [0.3, 0.4) is 0 Å². The molecule has 0 amide bonds. The molecule has 1 fully saturated rings. The van der Waals surface area contributed by atoms with Gasteiger partial charge in [0, 0.05) is 12.6 Å². The third kappa shape index (κ3) is 1.46. The summed E-state index contributed by atoms with van der Waals surface area (Å²) in [6.07, 6.45) is -0.529. The topological polar surface area (TPSA) is 78.5 Å². The van der Waals surface area contributed by atoms with E-state index in [2.05, 4.69) is 5.32 Å². The van der Waals surface area contributed by atoms with E-state index in [1.165, 1.54) is 0 Å². The molecule has 1 heterocycles. The summed E-state index contributed by atoms with van der Waals surface area (Å²) in [7, 11) is 0. The third-order valence-corrected chi connectivity index (χ3v) is 1.87. The maximum atomic E-state index is 9.22. The smallest absolute Gasteiger partial charge is 0.0964 e. The number of nitrogens with one attached hydrogen (secondary N) is 1. The molecule has 10 heavy (non-hydrogen) atoms. The molecular formula is C6H14N2O2. The first-order valence-corrected chi connectivity index (χ1v) is 3.55. The Kier molecular flexibility index (Phi) is 2.62. The highest BCUT2D eigenvalue weighted by Crippen LogP contribution is 2.09. The van der Waals surface area contributed by atoms with Crippen molar-refractivity contribution in [2.45, 2.75) is 24.7 Å². The second kappa shape index (κ2) is 3.30. The molecule has 1 saturated heterocycles. The number of hydrogen-bond acceptors (Lipinski definition) is 4. The number of nitrogens with two attached hydrogens (primary N) is 1. The molecule has 5 N–H and O–H groups in total. The Morgan fingerprint density at radius 1 is 1.50 bits per heavy atom. The number of aliphatic hydroxyl groups is 2. The minimum Gasteiger partial charge on any atom is -0.389 e. The quantitative estimate of drug-likeness (QED) is 0.364. The highest BCUT2D eigenvalue weighted by atomic mass is 16.3. The second-order valence-corrected chi connectivity index (χ2v) is 2.65. The molecular weight excluding hydrogens is 132 g/mol. The van der Waals surface area contributed by atoms with Crippen molar-refractivity contribution in [2.24, 2.45) is 5.73 Å². The molecule has 0 aliphatic carbocycles. The molecule has 3 atom stereocenters. The van der Waals surface area contributed by atoms with Gasteiger partial charge < -0.3 is 21.3 Å². The molecule has 60 valence electrons. The molecule has 0 aromatic heterocycles. The summed E-state index contributed by atoms with van der Waals surface area (Å²) < 4.78 is 0. The monoisotopic (exact) mass is 146 g/mol. The van der Waals surface area contributed by atoms with Gasteiger partial charge >= 0.3 is 0 Å². The van der Waals surface area contributed by atoms with Gasteiger partial charge in [0.25, 0.3) is 0 Å². The SMILES string of the molecule is NCC[C@@H]1NC[C@@H](O)[C@H]1O. The summed E-state index contributed by atoms with van der Waals surface area (Å²) >= 11 is 0. The van der Waals surface area contributed by atoms with Gasteiger partial charge in [-0.2, -0.15) is 0 Å². The lowest BCUT2D eigenvalue weighted by Crippen LogP contribution is -2.34. The summed E-state index contributed by atoms with van der Waals surface area (Å²) in [5.41, 5.74) is 5.28. The van der Waals surface area contributed by atoms with E-state index in [0.29, 0.717) is 13.1 Å². The zero-order valence-electron chi connectivity index (χ0n) is 5.83. The van der Waals surface area contributed by atoms with Crippen LogP contribution in [0.4, 0.5) is 0 Å². The van der Waals surface area contributed by atoms with Crippen molar-refractivity contribution < 1.29 is 10.2 Å². The van der Waals surface area contributed by atoms with Gasteiger partial charge in [-0.3, -0.25) is 0 Å². The molecule has 1 aliphatic heterocycles. The van der Waals surface area contributed by atoms with E-state index in [4.69, 9.17) is 10.8 Å².